The van der Waals surface area contributed by atoms with Crippen LogP contribution in [0, 0.1) is 0 Å². The highest BCUT2D eigenvalue weighted by Gasteiger charge is 2.19. The molecule has 4 rings (SSSR count). The number of carbonyl (C=O) groups is 1. The van der Waals surface area contributed by atoms with Crippen LogP contribution in [0.1, 0.15) is 23.6 Å². The van der Waals surface area contributed by atoms with E-state index in [4.69, 9.17) is 4.74 Å². The van der Waals surface area contributed by atoms with Crippen molar-refractivity contribution in [3.63, 3.8) is 0 Å². The molecule has 0 spiro atoms. The van der Waals surface area contributed by atoms with Crippen molar-refractivity contribution in [1.29, 1.82) is 0 Å². The number of fused-ring (bicyclic) bond motifs is 2. The van der Waals surface area contributed by atoms with Gasteiger partial charge in [-0.15, -0.1) is 0 Å². The van der Waals surface area contributed by atoms with Crippen molar-refractivity contribution in [2.75, 3.05) is 12.0 Å². The lowest BCUT2D eigenvalue weighted by Crippen LogP contribution is -2.29. The molecule has 1 heterocycles. The fraction of sp³-hybridized carbons (Fsp3) is 0.125. The minimum atomic E-state index is 0.0337. The van der Waals surface area contributed by atoms with Crippen molar-refractivity contribution in [2.45, 2.75) is 13.5 Å². The highest BCUT2D eigenvalue weighted by molar-refractivity contribution is 5.95. The summed E-state index contributed by atoms with van der Waals surface area (Å²) in [7, 11) is 1.68. The van der Waals surface area contributed by atoms with Gasteiger partial charge in [-0.05, 0) is 40.5 Å². The zero-order valence-electron chi connectivity index (χ0n) is 15.5. The van der Waals surface area contributed by atoms with Crippen LogP contribution in [0.15, 0.2) is 66.7 Å². The molecule has 3 aromatic rings. The summed E-state index contributed by atoms with van der Waals surface area (Å²) in [6, 6.07) is 22.4. The van der Waals surface area contributed by atoms with E-state index in [9.17, 15) is 4.79 Å². The molecule has 134 valence electrons. The Kier molecular flexibility index (Phi) is 4.51. The highest BCUT2D eigenvalue weighted by atomic mass is 16.5. The molecule has 0 saturated carbocycles. The first-order valence-electron chi connectivity index (χ1n) is 8.99. The quantitative estimate of drug-likeness (QED) is 0.616. The number of nitrogens with zero attached hydrogens (tertiary/aromatic N) is 1. The van der Waals surface area contributed by atoms with Gasteiger partial charge in [0.05, 0.1) is 19.3 Å². The van der Waals surface area contributed by atoms with Gasteiger partial charge in [0.1, 0.15) is 5.75 Å². The van der Waals surface area contributed by atoms with Crippen LogP contribution in [0.5, 0.6) is 5.75 Å². The molecule has 27 heavy (non-hydrogen) atoms. The van der Waals surface area contributed by atoms with E-state index in [1.54, 1.807) is 14.0 Å². The molecule has 0 saturated heterocycles. The number of ether oxygens (including phenoxy) is 1. The third-order valence-electron chi connectivity index (χ3n) is 4.94. The van der Waals surface area contributed by atoms with Gasteiger partial charge in [0.15, 0.2) is 0 Å². The van der Waals surface area contributed by atoms with Crippen LogP contribution in [-0.4, -0.2) is 13.0 Å². The first-order valence-corrected chi connectivity index (χ1v) is 8.99. The van der Waals surface area contributed by atoms with E-state index in [2.05, 4.69) is 36.4 Å². The number of rotatable bonds is 2. The van der Waals surface area contributed by atoms with Gasteiger partial charge in [-0.3, -0.25) is 4.79 Å². The first-order chi connectivity index (χ1) is 13.2. The summed E-state index contributed by atoms with van der Waals surface area (Å²) in [6.45, 7) is 2.15. The van der Waals surface area contributed by atoms with Crippen molar-refractivity contribution >= 4 is 23.7 Å². The number of carbonyl (C=O) groups excluding carboxylic acids is 1. The maximum atomic E-state index is 12.4. The van der Waals surface area contributed by atoms with Crippen molar-refractivity contribution in [2.24, 2.45) is 0 Å². The summed E-state index contributed by atoms with van der Waals surface area (Å²) < 4.78 is 5.52. The van der Waals surface area contributed by atoms with Crippen LogP contribution in [0.4, 0.5) is 5.69 Å². The van der Waals surface area contributed by atoms with E-state index < -0.39 is 0 Å². The number of hydrogen-bond donors (Lipinski definition) is 0. The summed E-state index contributed by atoms with van der Waals surface area (Å²) >= 11 is 0. The van der Waals surface area contributed by atoms with Crippen molar-refractivity contribution in [3.05, 3.63) is 83.4 Å². The zero-order chi connectivity index (χ0) is 18.8. The first kappa shape index (κ1) is 17.1. The second kappa shape index (κ2) is 7.12. The number of amides is 1. The fourth-order valence-electron chi connectivity index (χ4n) is 3.55. The third kappa shape index (κ3) is 3.24. The predicted octanol–water partition coefficient (Wildman–Crippen LogP) is 5.40. The van der Waals surface area contributed by atoms with Crippen molar-refractivity contribution in [3.8, 4) is 16.9 Å². The number of benzene rings is 3. The number of para-hydroxylation sites is 2. The van der Waals surface area contributed by atoms with Gasteiger partial charge in [0.2, 0.25) is 5.91 Å². The minimum Gasteiger partial charge on any atom is -0.496 e. The lowest BCUT2D eigenvalue weighted by Gasteiger charge is -2.26. The molecular weight excluding hydrogens is 334 g/mol. The predicted molar refractivity (Wildman–Crippen MR) is 111 cm³/mol. The van der Waals surface area contributed by atoms with E-state index in [1.165, 1.54) is 0 Å². The van der Waals surface area contributed by atoms with E-state index in [0.717, 1.165) is 39.3 Å². The Morgan fingerprint density at radius 2 is 1.67 bits per heavy atom. The number of anilines is 1. The maximum absolute atomic E-state index is 12.4. The number of hydrogen-bond acceptors (Lipinski definition) is 2. The van der Waals surface area contributed by atoms with Crippen LogP contribution in [-0.2, 0) is 11.3 Å². The summed E-state index contributed by atoms with van der Waals surface area (Å²) in [5, 5.41) is 0. The Morgan fingerprint density at radius 3 is 2.48 bits per heavy atom. The van der Waals surface area contributed by atoms with Crippen LogP contribution < -0.4 is 9.64 Å². The average molecular weight is 355 g/mol. The third-order valence-corrected chi connectivity index (χ3v) is 4.94. The standard InChI is InChI=1S/C24H21NO2/c1-17(26)25-16-21-15-20(22-8-4-6-10-24(22)27-2)14-12-18(21)11-13-19-7-3-5-9-23(19)25/h3-15H,16H2,1-2H3. The van der Waals surface area contributed by atoms with Crippen LogP contribution >= 0.6 is 0 Å². The molecule has 0 bridgehead atoms. The van der Waals surface area contributed by atoms with Crippen LogP contribution in [0.25, 0.3) is 23.3 Å². The Bertz CT molecular complexity index is 1040. The Morgan fingerprint density at radius 1 is 0.926 bits per heavy atom. The average Bonchev–Trinajstić information content (AvgIpc) is 2.69. The lowest BCUT2D eigenvalue weighted by atomic mass is 9.96. The molecule has 0 atom stereocenters. The molecule has 1 amide bonds. The molecule has 3 aromatic carbocycles. The molecule has 0 aromatic heterocycles. The van der Waals surface area contributed by atoms with E-state index in [1.807, 2.05) is 47.4 Å². The lowest BCUT2D eigenvalue weighted by molar-refractivity contribution is -0.116. The smallest absolute Gasteiger partial charge is 0.224 e. The normalized spacial score (nSPS) is 12.6. The second-order valence-electron chi connectivity index (χ2n) is 6.61. The zero-order valence-corrected chi connectivity index (χ0v) is 15.5. The van der Waals surface area contributed by atoms with Gasteiger partial charge in [-0.25, -0.2) is 0 Å². The van der Waals surface area contributed by atoms with E-state index in [0.29, 0.717) is 6.54 Å². The Balaban J connectivity index is 1.84. The summed E-state index contributed by atoms with van der Waals surface area (Å²) in [5.74, 6) is 0.874. The Hall–Kier alpha value is -3.33. The minimum absolute atomic E-state index is 0.0337. The van der Waals surface area contributed by atoms with Gasteiger partial charge in [0.25, 0.3) is 0 Å². The van der Waals surface area contributed by atoms with E-state index >= 15 is 0 Å². The van der Waals surface area contributed by atoms with E-state index in [-0.39, 0.29) is 5.91 Å². The molecule has 0 unspecified atom stereocenters. The summed E-state index contributed by atoms with van der Waals surface area (Å²) in [4.78, 5) is 14.2. The molecular formula is C24H21NO2. The van der Waals surface area contributed by atoms with Crippen LogP contribution in [0.3, 0.4) is 0 Å². The SMILES string of the molecule is COc1ccccc1-c1ccc2c(c1)CN(C(C)=O)c1ccccc1C=C2. The molecule has 0 N–H and O–H groups in total. The second-order valence-corrected chi connectivity index (χ2v) is 6.61. The van der Waals surface area contributed by atoms with Gasteiger partial charge in [-0.1, -0.05) is 60.7 Å². The molecule has 0 fully saturated rings. The fourth-order valence-corrected chi connectivity index (χ4v) is 3.55. The largest absolute Gasteiger partial charge is 0.496 e. The molecule has 3 nitrogen and oxygen atoms in total. The summed E-state index contributed by atoms with van der Waals surface area (Å²) in [5.41, 5.74) is 6.34. The molecule has 1 aliphatic heterocycles. The maximum Gasteiger partial charge on any atom is 0.224 e. The summed E-state index contributed by atoms with van der Waals surface area (Å²) in [6.07, 6.45) is 4.20. The Labute approximate surface area is 159 Å². The number of methoxy groups -OCH3 is 1. The molecule has 3 heteroatoms. The molecule has 0 aliphatic carbocycles. The van der Waals surface area contributed by atoms with Crippen molar-refractivity contribution in [1.82, 2.24) is 0 Å². The molecule has 0 radical (unpaired) electrons. The van der Waals surface area contributed by atoms with Gasteiger partial charge in [0, 0.05) is 12.5 Å². The van der Waals surface area contributed by atoms with Gasteiger partial charge in [-0.2, -0.15) is 0 Å². The van der Waals surface area contributed by atoms with Gasteiger partial charge >= 0.3 is 0 Å². The monoisotopic (exact) mass is 355 g/mol. The van der Waals surface area contributed by atoms with Crippen LogP contribution in [0.2, 0.25) is 0 Å². The molecule has 1 aliphatic rings. The van der Waals surface area contributed by atoms with Gasteiger partial charge < -0.3 is 9.64 Å². The van der Waals surface area contributed by atoms with Crippen molar-refractivity contribution < 1.29 is 9.53 Å². The topological polar surface area (TPSA) is 29.5 Å². The highest BCUT2D eigenvalue weighted by Crippen LogP contribution is 2.34.